The molecule has 3 N–H and O–H groups in total. The maximum absolute atomic E-state index is 11.5. The standard InChI is InChI=1S/C14H19N5O2/c1-11(20)4-5-16-14(21)18-9-12-2-3-13(17-8-12)19-7-6-15-10-19/h2-3,6-8,10-11,20H,4-5,9H2,1H3,(H2,16,18,21). The highest BCUT2D eigenvalue weighted by Crippen LogP contribution is 2.05. The maximum Gasteiger partial charge on any atom is 0.315 e. The number of aliphatic hydroxyl groups is 1. The summed E-state index contributed by atoms with van der Waals surface area (Å²) in [6.07, 6.45) is 7.02. The molecule has 1 unspecified atom stereocenters. The average molecular weight is 289 g/mol. The Balaban J connectivity index is 1.77. The lowest BCUT2D eigenvalue weighted by Crippen LogP contribution is -2.36. The zero-order valence-corrected chi connectivity index (χ0v) is 11.9. The average Bonchev–Trinajstić information content (AvgIpc) is 2.99. The van der Waals surface area contributed by atoms with Gasteiger partial charge in [-0.1, -0.05) is 6.07 Å². The van der Waals surface area contributed by atoms with E-state index >= 15 is 0 Å². The van der Waals surface area contributed by atoms with Crippen LogP contribution in [0.1, 0.15) is 18.9 Å². The topological polar surface area (TPSA) is 92.1 Å². The minimum atomic E-state index is -0.412. The molecule has 0 aliphatic rings. The number of pyridine rings is 1. The number of amides is 2. The first-order valence-electron chi connectivity index (χ1n) is 6.78. The third-order valence-electron chi connectivity index (χ3n) is 2.88. The number of rotatable bonds is 6. The second-order valence-corrected chi connectivity index (χ2v) is 4.74. The fourth-order valence-electron chi connectivity index (χ4n) is 1.71. The molecule has 0 bridgehead atoms. The molecule has 2 aromatic heterocycles. The van der Waals surface area contributed by atoms with Crippen LogP contribution >= 0.6 is 0 Å². The van der Waals surface area contributed by atoms with Gasteiger partial charge in [0.1, 0.15) is 12.1 Å². The van der Waals surface area contributed by atoms with Crippen molar-refractivity contribution in [2.24, 2.45) is 0 Å². The quantitative estimate of drug-likeness (QED) is 0.734. The summed E-state index contributed by atoms with van der Waals surface area (Å²) in [5.74, 6) is 0.776. The predicted molar refractivity (Wildman–Crippen MR) is 77.9 cm³/mol. The highest BCUT2D eigenvalue weighted by molar-refractivity contribution is 5.73. The lowest BCUT2D eigenvalue weighted by Gasteiger charge is -2.09. The Labute approximate surface area is 123 Å². The normalized spacial score (nSPS) is 11.9. The van der Waals surface area contributed by atoms with Gasteiger partial charge in [-0.15, -0.1) is 0 Å². The second-order valence-electron chi connectivity index (χ2n) is 4.74. The van der Waals surface area contributed by atoms with Crippen LogP contribution < -0.4 is 10.6 Å². The van der Waals surface area contributed by atoms with Gasteiger partial charge in [-0.05, 0) is 25.0 Å². The smallest absolute Gasteiger partial charge is 0.315 e. The highest BCUT2D eigenvalue weighted by atomic mass is 16.3. The molecule has 1 atom stereocenters. The van der Waals surface area contributed by atoms with Crippen LogP contribution in [0.4, 0.5) is 4.79 Å². The van der Waals surface area contributed by atoms with E-state index in [0.29, 0.717) is 19.5 Å². The second kappa shape index (κ2) is 7.39. The van der Waals surface area contributed by atoms with Crippen molar-refractivity contribution in [2.75, 3.05) is 6.54 Å². The van der Waals surface area contributed by atoms with Gasteiger partial charge in [0.05, 0.1) is 6.10 Å². The zero-order valence-electron chi connectivity index (χ0n) is 11.9. The SMILES string of the molecule is CC(O)CCNC(=O)NCc1ccc(-n2ccnc2)nc1. The number of nitrogens with zero attached hydrogens (tertiary/aromatic N) is 3. The zero-order chi connectivity index (χ0) is 15.1. The molecule has 2 aromatic rings. The van der Waals surface area contributed by atoms with Crippen molar-refractivity contribution in [3.8, 4) is 5.82 Å². The molecule has 0 aliphatic heterocycles. The van der Waals surface area contributed by atoms with Gasteiger partial charge in [0.15, 0.2) is 0 Å². The van der Waals surface area contributed by atoms with Crippen molar-refractivity contribution >= 4 is 6.03 Å². The van der Waals surface area contributed by atoms with Crippen molar-refractivity contribution in [3.05, 3.63) is 42.6 Å². The molecule has 0 fully saturated rings. The van der Waals surface area contributed by atoms with Crippen LogP contribution in [0, 0.1) is 0 Å². The van der Waals surface area contributed by atoms with Crippen molar-refractivity contribution in [1.29, 1.82) is 0 Å². The number of aliphatic hydroxyl groups excluding tert-OH is 1. The number of carbonyl (C=O) groups excluding carboxylic acids is 1. The number of imidazole rings is 1. The molecule has 0 saturated carbocycles. The number of hydrogen-bond acceptors (Lipinski definition) is 4. The van der Waals surface area contributed by atoms with E-state index in [2.05, 4.69) is 20.6 Å². The number of urea groups is 1. The van der Waals surface area contributed by atoms with Crippen LogP contribution in [0.2, 0.25) is 0 Å². The lowest BCUT2D eigenvalue weighted by atomic mass is 10.3. The lowest BCUT2D eigenvalue weighted by molar-refractivity contribution is 0.183. The van der Waals surface area contributed by atoms with E-state index in [9.17, 15) is 4.79 Å². The highest BCUT2D eigenvalue weighted by Gasteiger charge is 2.02. The van der Waals surface area contributed by atoms with E-state index in [1.165, 1.54) is 0 Å². The third-order valence-corrected chi connectivity index (χ3v) is 2.88. The number of hydrogen-bond donors (Lipinski definition) is 3. The predicted octanol–water partition coefficient (Wildman–Crippen LogP) is 0.837. The van der Waals surface area contributed by atoms with Crippen LogP contribution in [-0.4, -0.2) is 38.3 Å². The molecule has 0 radical (unpaired) electrons. The summed E-state index contributed by atoms with van der Waals surface area (Å²) in [5.41, 5.74) is 0.907. The van der Waals surface area contributed by atoms with Crippen LogP contribution in [0.15, 0.2) is 37.1 Å². The van der Waals surface area contributed by atoms with Gasteiger partial charge in [-0.25, -0.2) is 14.8 Å². The van der Waals surface area contributed by atoms with Gasteiger partial charge < -0.3 is 15.7 Å². The Kier molecular flexibility index (Phi) is 5.28. The fraction of sp³-hybridized carbons (Fsp3) is 0.357. The summed E-state index contributed by atoms with van der Waals surface area (Å²) in [5, 5.41) is 14.5. The first-order chi connectivity index (χ1) is 10.1. The molecule has 2 amide bonds. The summed E-state index contributed by atoms with van der Waals surface area (Å²) in [6, 6.07) is 3.51. The monoisotopic (exact) mass is 289 g/mol. The fourth-order valence-corrected chi connectivity index (χ4v) is 1.71. The number of nitrogens with one attached hydrogen (secondary N) is 2. The van der Waals surface area contributed by atoms with Gasteiger partial charge in [0.2, 0.25) is 0 Å². The molecule has 0 aliphatic carbocycles. The van der Waals surface area contributed by atoms with Crippen LogP contribution in [0.25, 0.3) is 5.82 Å². The molecular formula is C14H19N5O2. The molecular weight excluding hydrogens is 270 g/mol. The molecule has 0 saturated heterocycles. The van der Waals surface area contributed by atoms with Crippen molar-refractivity contribution in [2.45, 2.75) is 26.0 Å². The largest absolute Gasteiger partial charge is 0.393 e. The summed E-state index contributed by atoms with van der Waals surface area (Å²) in [6.45, 7) is 2.53. The van der Waals surface area contributed by atoms with Gasteiger partial charge in [-0.3, -0.25) is 4.57 Å². The van der Waals surface area contributed by atoms with Gasteiger partial charge in [0.25, 0.3) is 0 Å². The Morgan fingerprint density at radius 2 is 2.29 bits per heavy atom. The molecule has 0 aromatic carbocycles. The maximum atomic E-state index is 11.5. The van der Waals surface area contributed by atoms with E-state index in [1.54, 1.807) is 30.2 Å². The molecule has 2 heterocycles. The Morgan fingerprint density at radius 1 is 1.43 bits per heavy atom. The van der Waals surface area contributed by atoms with Gasteiger partial charge in [-0.2, -0.15) is 0 Å². The first-order valence-corrected chi connectivity index (χ1v) is 6.78. The van der Waals surface area contributed by atoms with Crippen LogP contribution in [0.3, 0.4) is 0 Å². The van der Waals surface area contributed by atoms with Crippen LogP contribution in [0.5, 0.6) is 0 Å². The minimum absolute atomic E-state index is 0.255. The molecule has 7 nitrogen and oxygen atoms in total. The van der Waals surface area contributed by atoms with Crippen molar-refractivity contribution in [3.63, 3.8) is 0 Å². The van der Waals surface area contributed by atoms with E-state index in [0.717, 1.165) is 11.4 Å². The molecule has 7 heteroatoms. The van der Waals surface area contributed by atoms with Gasteiger partial charge in [0, 0.05) is 31.7 Å². The molecule has 21 heavy (non-hydrogen) atoms. The van der Waals surface area contributed by atoms with E-state index in [-0.39, 0.29) is 6.03 Å². The Hall–Kier alpha value is -2.41. The first kappa shape index (κ1) is 15.0. The van der Waals surface area contributed by atoms with Crippen LogP contribution in [-0.2, 0) is 6.54 Å². The summed E-state index contributed by atoms with van der Waals surface area (Å²) >= 11 is 0. The molecule has 2 rings (SSSR count). The minimum Gasteiger partial charge on any atom is -0.393 e. The third kappa shape index (κ3) is 4.88. The van der Waals surface area contributed by atoms with Gasteiger partial charge >= 0.3 is 6.03 Å². The summed E-state index contributed by atoms with van der Waals surface area (Å²) < 4.78 is 1.81. The molecule has 0 spiro atoms. The van der Waals surface area contributed by atoms with Crippen molar-refractivity contribution in [1.82, 2.24) is 25.2 Å². The summed E-state index contributed by atoms with van der Waals surface area (Å²) in [4.78, 5) is 19.8. The molecule has 112 valence electrons. The Bertz CT molecular complexity index is 551. The van der Waals surface area contributed by atoms with E-state index in [4.69, 9.17) is 5.11 Å². The van der Waals surface area contributed by atoms with Crippen molar-refractivity contribution < 1.29 is 9.90 Å². The number of carbonyl (C=O) groups is 1. The summed E-state index contributed by atoms with van der Waals surface area (Å²) in [7, 11) is 0. The van der Waals surface area contributed by atoms with E-state index < -0.39 is 6.10 Å². The Morgan fingerprint density at radius 3 is 2.90 bits per heavy atom. The van der Waals surface area contributed by atoms with E-state index in [1.807, 2.05) is 18.3 Å². The number of aromatic nitrogens is 3.